The van der Waals surface area contributed by atoms with E-state index in [9.17, 15) is 4.79 Å². The summed E-state index contributed by atoms with van der Waals surface area (Å²) < 4.78 is 11.5. The van der Waals surface area contributed by atoms with Gasteiger partial charge in [0.25, 0.3) is 5.91 Å². The number of amides is 1. The van der Waals surface area contributed by atoms with Crippen LogP contribution in [-0.4, -0.2) is 18.9 Å². The van der Waals surface area contributed by atoms with Gasteiger partial charge in [0.15, 0.2) is 11.5 Å². The van der Waals surface area contributed by atoms with Crippen molar-refractivity contribution >= 4 is 39.8 Å². The quantitative estimate of drug-likeness (QED) is 0.305. The molecule has 0 atom stereocenters. The van der Waals surface area contributed by atoms with Crippen molar-refractivity contribution in [3.8, 4) is 11.5 Å². The van der Waals surface area contributed by atoms with Crippen LogP contribution >= 0.6 is 27.7 Å². The number of ether oxygens (including phenoxy) is 2. The monoisotopic (exact) mass is 468 g/mol. The Morgan fingerprint density at radius 1 is 1.07 bits per heavy atom. The molecule has 1 aliphatic rings. The second kappa shape index (κ2) is 9.15. The molecule has 5 nitrogen and oxygen atoms in total. The summed E-state index contributed by atoms with van der Waals surface area (Å²) >= 11 is 5.22. The van der Waals surface area contributed by atoms with Crippen molar-refractivity contribution < 1.29 is 14.3 Å². The molecule has 0 fully saturated rings. The summed E-state index contributed by atoms with van der Waals surface area (Å²) in [5.74, 6) is 1.93. The van der Waals surface area contributed by atoms with Gasteiger partial charge in [-0.25, -0.2) is 5.43 Å². The summed E-state index contributed by atoms with van der Waals surface area (Å²) in [6.07, 6.45) is 1.56. The number of nitrogens with one attached hydrogen (secondary N) is 1. The number of hydrazone groups is 1. The van der Waals surface area contributed by atoms with Crippen molar-refractivity contribution in [1.29, 1.82) is 0 Å². The van der Waals surface area contributed by atoms with E-state index < -0.39 is 0 Å². The minimum absolute atomic E-state index is 0.207. The summed E-state index contributed by atoms with van der Waals surface area (Å²) in [4.78, 5) is 13.5. The van der Waals surface area contributed by atoms with Crippen molar-refractivity contribution in [1.82, 2.24) is 5.43 Å². The Kier molecular flexibility index (Phi) is 6.17. The molecular formula is C22H17BrN2O3S. The number of fused-ring (bicyclic) bond motifs is 1. The summed E-state index contributed by atoms with van der Waals surface area (Å²) in [5, 5.41) is 4.05. The molecule has 0 unspecified atom stereocenters. The van der Waals surface area contributed by atoms with Gasteiger partial charge in [-0.3, -0.25) is 4.79 Å². The molecule has 146 valence electrons. The van der Waals surface area contributed by atoms with Gasteiger partial charge >= 0.3 is 0 Å². The third-order valence-corrected chi connectivity index (χ3v) is 6.00. The van der Waals surface area contributed by atoms with Crippen LogP contribution in [0.4, 0.5) is 0 Å². The molecule has 7 heteroatoms. The average molecular weight is 469 g/mol. The third kappa shape index (κ3) is 4.99. The lowest BCUT2D eigenvalue weighted by Crippen LogP contribution is -2.17. The molecule has 1 aliphatic heterocycles. The number of carbonyl (C=O) groups excluding carboxylic acids is 1. The maximum absolute atomic E-state index is 12.3. The Morgan fingerprint density at radius 2 is 1.79 bits per heavy atom. The molecule has 0 aromatic heterocycles. The molecular weight excluding hydrogens is 452 g/mol. The van der Waals surface area contributed by atoms with Gasteiger partial charge in [0.2, 0.25) is 6.79 Å². The molecule has 1 amide bonds. The van der Waals surface area contributed by atoms with E-state index in [1.807, 2.05) is 48.5 Å². The first-order chi connectivity index (χ1) is 14.2. The van der Waals surface area contributed by atoms with E-state index in [0.717, 1.165) is 21.4 Å². The minimum Gasteiger partial charge on any atom is -0.454 e. The van der Waals surface area contributed by atoms with Gasteiger partial charge in [-0.05, 0) is 57.9 Å². The zero-order valence-electron chi connectivity index (χ0n) is 15.3. The SMILES string of the molecule is O=C(N/N=C/c1cc2c(cc1Br)OCO2)c1ccc(CSc2ccccc2)cc1. The predicted octanol–water partition coefficient (Wildman–Crippen LogP) is 5.23. The van der Waals surface area contributed by atoms with Crippen molar-refractivity contribution in [2.24, 2.45) is 5.10 Å². The lowest BCUT2D eigenvalue weighted by molar-refractivity contribution is 0.0955. The standard InChI is InChI=1S/C22H17BrN2O3S/c23-19-11-21-20(27-14-28-21)10-17(19)12-24-25-22(26)16-8-6-15(7-9-16)13-29-18-4-2-1-3-5-18/h1-12H,13-14H2,(H,25,26)/b24-12+. The van der Waals surface area contributed by atoms with E-state index in [0.29, 0.717) is 17.1 Å². The Hall–Kier alpha value is -2.77. The smallest absolute Gasteiger partial charge is 0.271 e. The predicted molar refractivity (Wildman–Crippen MR) is 118 cm³/mol. The summed E-state index contributed by atoms with van der Waals surface area (Å²) in [6.45, 7) is 0.207. The van der Waals surface area contributed by atoms with E-state index in [1.165, 1.54) is 4.90 Å². The fourth-order valence-corrected chi connectivity index (χ4v) is 3.99. The molecule has 3 aromatic rings. The van der Waals surface area contributed by atoms with Crippen LogP contribution in [0.25, 0.3) is 0 Å². The molecule has 3 aromatic carbocycles. The molecule has 0 bridgehead atoms. The third-order valence-electron chi connectivity index (χ3n) is 4.23. The number of halogens is 1. The average Bonchev–Trinajstić information content (AvgIpc) is 3.20. The summed E-state index contributed by atoms with van der Waals surface area (Å²) in [6, 6.07) is 21.4. The first kappa shape index (κ1) is 19.5. The molecule has 0 saturated heterocycles. The number of nitrogens with zero attached hydrogens (tertiary/aromatic N) is 1. The number of benzene rings is 3. The van der Waals surface area contributed by atoms with Crippen molar-refractivity contribution in [3.05, 3.63) is 87.9 Å². The van der Waals surface area contributed by atoms with Crippen molar-refractivity contribution in [2.45, 2.75) is 10.6 Å². The molecule has 0 aliphatic carbocycles. The van der Waals surface area contributed by atoms with Crippen LogP contribution in [0.15, 0.2) is 81.2 Å². The van der Waals surface area contributed by atoms with E-state index in [4.69, 9.17) is 9.47 Å². The lowest BCUT2D eigenvalue weighted by atomic mass is 10.1. The lowest BCUT2D eigenvalue weighted by Gasteiger charge is -2.04. The molecule has 4 rings (SSSR count). The first-order valence-corrected chi connectivity index (χ1v) is 10.7. The Morgan fingerprint density at radius 3 is 2.55 bits per heavy atom. The fraction of sp³-hybridized carbons (Fsp3) is 0.0909. The van der Waals surface area contributed by atoms with Gasteiger partial charge in [0, 0.05) is 26.2 Å². The number of rotatable bonds is 6. The van der Waals surface area contributed by atoms with Gasteiger partial charge in [-0.2, -0.15) is 5.10 Å². The molecule has 1 heterocycles. The van der Waals surface area contributed by atoms with Gasteiger partial charge in [-0.15, -0.1) is 11.8 Å². The van der Waals surface area contributed by atoms with Crippen LogP contribution in [0.5, 0.6) is 11.5 Å². The molecule has 1 N–H and O–H groups in total. The van der Waals surface area contributed by atoms with Crippen molar-refractivity contribution in [3.63, 3.8) is 0 Å². The summed E-state index contributed by atoms with van der Waals surface area (Å²) in [5.41, 5.74) is 5.04. The minimum atomic E-state index is -0.264. The molecule has 29 heavy (non-hydrogen) atoms. The highest BCUT2D eigenvalue weighted by atomic mass is 79.9. The number of hydrogen-bond acceptors (Lipinski definition) is 5. The van der Waals surface area contributed by atoms with Crippen LogP contribution < -0.4 is 14.9 Å². The number of carbonyl (C=O) groups is 1. The zero-order valence-corrected chi connectivity index (χ0v) is 17.7. The second-order valence-corrected chi connectivity index (χ2v) is 8.13. The van der Waals surface area contributed by atoms with Gasteiger partial charge in [0.05, 0.1) is 6.21 Å². The van der Waals surface area contributed by atoms with Crippen LogP contribution in [0, 0.1) is 0 Å². The van der Waals surface area contributed by atoms with Crippen LogP contribution in [0.1, 0.15) is 21.5 Å². The maximum Gasteiger partial charge on any atom is 0.271 e. The largest absolute Gasteiger partial charge is 0.454 e. The van der Waals surface area contributed by atoms with Gasteiger partial charge < -0.3 is 9.47 Å². The van der Waals surface area contributed by atoms with E-state index in [1.54, 1.807) is 24.0 Å². The zero-order chi connectivity index (χ0) is 20.1. The second-order valence-electron chi connectivity index (χ2n) is 6.22. The fourth-order valence-electron chi connectivity index (χ4n) is 2.69. The maximum atomic E-state index is 12.3. The van der Waals surface area contributed by atoms with E-state index >= 15 is 0 Å². The topological polar surface area (TPSA) is 59.9 Å². The van der Waals surface area contributed by atoms with Gasteiger partial charge in [0.1, 0.15) is 0 Å². The van der Waals surface area contributed by atoms with Crippen LogP contribution in [0.2, 0.25) is 0 Å². The van der Waals surface area contributed by atoms with E-state index in [2.05, 4.69) is 38.6 Å². The first-order valence-electron chi connectivity index (χ1n) is 8.88. The number of thioether (sulfide) groups is 1. The van der Waals surface area contributed by atoms with Gasteiger partial charge in [-0.1, -0.05) is 30.3 Å². The van der Waals surface area contributed by atoms with Crippen molar-refractivity contribution in [2.75, 3.05) is 6.79 Å². The van der Waals surface area contributed by atoms with E-state index in [-0.39, 0.29) is 12.7 Å². The highest BCUT2D eigenvalue weighted by Crippen LogP contribution is 2.36. The normalized spacial score (nSPS) is 12.3. The van der Waals surface area contributed by atoms with Crippen LogP contribution in [0.3, 0.4) is 0 Å². The Bertz CT molecular complexity index is 1040. The molecule has 0 saturated carbocycles. The summed E-state index contributed by atoms with van der Waals surface area (Å²) in [7, 11) is 0. The highest BCUT2D eigenvalue weighted by molar-refractivity contribution is 9.10. The molecule has 0 radical (unpaired) electrons. The Balaban J connectivity index is 1.33. The van der Waals surface area contributed by atoms with Crippen LogP contribution in [-0.2, 0) is 5.75 Å². The molecule has 0 spiro atoms. The number of hydrogen-bond donors (Lipinski definition) is 1. The Labute approximate surface area is 181 Å². The highest BCUT2D eigenvalue weighted by Gasteiger charge is 2.15.